The van der Waals surface area contributed by atoms with Crippen LogP contribution in [0.4, 0.5) is 11.4 Å². The Morgan fingerprint density at radius 1 is 1.22 bits per heavy atom. The van der Waals surface area contributed by atoms with Crippen LogP contribution in [-0.4, -0.2) is 45.3 Å². The van der Waals surface area contributed by atoms with Crippen LogP contribution in [0.25, 0.3) is 0 Å². The molecule has 27 heavy (non-hydrogen) atoms. The highest BCUT2D eigenvalue weighted by Gasteiger charge is 2.28. The van der Waals surface area contributed by atoms with E-state index >= 15 is 0 Å². The number of para-hydroxylation sites is 1. The predicted octanol–water partition coefficient (Wildman–Crippen LogP) is 2.98. The lowest BCUT2D eigenvalue weighted by Crippen LogP contribution is -2.41. The zero-order valence-electron chi connectivity index (χ0n) is 15.4. The minimum absolute atomic E-state index is 0.0360. The largest absolute Gasteiger partial charge is 0.359 e. The fourth-order valence-electron chi connectivity index (χ4n) is 3.13. The number of sulfonamides is 1. The van der Waals surface area contributed by atoms with Crippen LogP contribution in [0.15, 0.2) is 47.4 Å². The van der Waals surface area contributed by atoms with Crippen molar-refractivity contribution in [1.29, 1.82) is 0 Å². The Balaban J connectivity index is 1.81. The van der Waals surface area contributed by atoms with Gasteiger partial charge in [0.05, 0.1) is 5.02 Å². The van der Waals surface area contributed by atoms with E-state index in [4.69, 9.17) is 11.6 Å². The number of hydrogen-bond acceptors (Lipinski definition) is 4. The Morgan fingerprint density at radius 3 is 2.63 bits per heavy atom. The molecule has 144 valence electrons. The number of anilines is 2. The van der Waals surface area contributed by atoms with Gasteiger partial charge in [0.2, 0.25) is 15.9 Å². The van der Waals surface area contributed by atoms with Crippen LogP contribution in [0, 0.1) is 0 Å². The first kappa shape index (κ1) is 19.7. The molecular formula is C19H22ClN3O3S. The van der Waals surface area contributed by atoms with E-state index in [9.17, 15) is 13.2 Å². The van der Waals surface area contributed by atoms with Crippen molar-refractivity contribution in [3.05, 3.63) is 53.1 Å². The van der Waals surface area contributed by atoms with Gasteiger partial charge in [0.1, 0.15) is 10.9 Å². The first-order valence-electron chi connectivity index (χ1n) is 8.59. The smallest absolute Gasteiger partial charge is 0.246 e. The standard InChI is InChI=1S/C19H22ClN3O3S/c1-13(23-11-10-14-6-4-5-7-17(14)23)19(24)21-15-8-9-16(20)18(12-15)27(25,26)22(2)3/h4-9,12-13H,10-11H2,1-3H3,(H,21,24). The second kappa shape index (κ2) is 7.50. The summed E-state index contributed by atoms with van der Waals surface area (Å²) in [6.07, 6.45) is 0.903. The molecule has 1 unspecified atom stereocenters. The van der Waals surface area contributed by atoms with Gasteiger partial charge >= 0.3 is 0 Å². The van der Waals surface area contributed by atoms with Crippen LogP contribution < -0.4 is 10.2 Å². The molecule has 1 atom stereocenters. The number of rotatable bonds is 5. The lowest BCUT2D eigenvalue weighted by molar-refractivity contribution is -0.117. The van der Waals surface area contributed by atoms with Crippen LogP contribution in [0.5, 0.6) is 0 Å². The van der Waals surface area contributed by atoms with Gasteiger partial charge in [-0.1, -0.05) is 29.8 Å². The van der Waals surface area contributed by atoms with Crippen LogP contribution >= 0.6 is 11.6 Å². The third kappa shape index (κ3) is 3.81. The molecule has 0 radical (unpaired) electrons. The number of halogens is 1. The van der Waals surface area contributed by atoms with E-state index < -0.39 is 16.1 Å². The molecule has 0 saturated heterocycles. The highest BCUT2D eigenvalue weighted by Crippen LogP contribution is 2.30. The molecular weight excluding hydrogens is 386 g/mol. The third-order valence-corrected chi connectivity index (χ3v) is 7.02. The van der Waals surface area contributed by atoms with Gasteiger partial charge < -0.3 is 10.2 Å². The monoisotopic (exact) mass is 407 g/mol. The van der Waals surface area contributed by atoms with Gasteiger partial charge in [-0.3, -0.25) is 4.79 Å². The topological polar surface area (TPSA) is 69.7 Å². The van der Waals surface area contributed by atoms with Crippen molar-refractivity contribution in [1.82, 2.24) is 4.31 Å². The highest BCUT2D eigenvalue weighted by atomic mass is 35.5. The van der Waals surface area contributed by atoms with Gasteiger partial charge in [-0.25, -0.2) is 12.7 Å². The zero-order chi connectivity index (χ0) is 19.8. The number of nitrogens with one attached hydrogen (secondary N) is 1. The minimum Gasteiger partial charge on any atom is -0.359 e. The molecule has 0 fully saturated rings. The lowest BCUT2D eigenvalue weighted by atomic mass is 10.1. The maximum Gasteiger partial charge on any atom is 0.246 e. The van der Waals surface area contributed by atoms with E-state index in [1.807, 2.05) is 25.1 Å². The molecule has 1 N–H and O–H groups in total. The average Bonchev–Trinajstić information content (AvgIpc) is 3.06. The molecule has 1 aliphatic rings. The van der Waals surface area contributed by atoms with Gasteiger partial charge in [-0.05, 0) is 43.2 Å². The first-order valence-corrected chi connectivity index (χ1v) is 10.4. The normalized spacial score (nSPS) is 14.9. The molecule has 1 aliphatic heterocycles. The van der Waals surface area contributed by atoms with Crippen molar-refractivity contribution in [3.63, 3.8) is 0 Å². The molecule has 0 saturated carbocycles. The molecule has 3 rings (SSSR count). The summed E-state index contributed by atoms with van der Waals surface area (Å²) < 4.78 is 25.9. The quantitative estimate of drug-likeness (QED) is 0.827. The molecule has 2 aromatic rings. The second-order valence-electron chi connectivity index (χ2n) is 6.67. The van der Waals surface area contributed by atoms with Gasteiger partial charge in [0, 0.05) is 32.0 Å². The van der Waals surface area contributed by atoms with E-state index in [0.717, 1.165) is 23.0 Å². The van der Waals surface area contributed by atoms with E-state index in [-0.39, 0.29) is 15.8 Å². The number of carbonyl (C=O) groups excluding carboxylic acids is 1. The molecule has 6 nitrogen and oxygen atoms in total. The molecule has 0 aliphatic carbocycles. The van der Waals surface area contributed by atoms with Crippen molar-refractivity contribution < 1.29 is 13.2 Å². The van der Waals surface area contributed by atoms with E-state index in [0.29, 0.717) is 5.69 Å². The number of hydrogen-bond donors (Lipinski definition) is 1. The lowest BCUT2D eigenvalue weighted by Gasteiger charge is -2.26. The summed E-state index contributed by atoms with van der Waals surface area (Å²) in [4.78, 5) is 14.8. The van der Waals surface area contributed by atoms with Crippen molar-refractivity contribution in [2.24, 2.45) is 0 Å². The summed E-state index contributed by atoms with van der Waals surface area (Å²) in [6.45, 7) is 2.61. The van der Waals surface area contributed by atoms with Crippen LogP contribution in [0.2, 0.25) is 5.02 Å². The zero-order valence-corrected chi connectivity index (χ0v) is 17.0. The number of benzene rings is 2. The summed E-state index contributed by atoms with van der Waals surface area (Å²) in [6, 6.07) is 12.1. The Kier molecular flexibility index (Phi) is 5.46. The van der Waals surface area contributed by atoms with E-state index in [1.54, 1.807) is 6.07 Å². The van der Waals surface area contributed by atoms with E-state index in [2.05, 4.69) is 16.3 Å². The molecule has 0 spiro atoms. The Morgan fingerprint density at radius 2 is 1.93 bits per heavy atom. The minimum atomic E-state index is -3.70. The molecule has 1 heterocycles. The van der Waals surface area contributed by atoms with Crippen molar-refractivity contribution in [2.75, 3.05) is 30.9 Å². The van der Waals surface area contributed by atoms with Crippen LogP contribution in [0.1, 0.15) is 12.5 Å². The van der Waals surface area contributed by atoms with Crippen LogP contribution in [0.3, 0.4) is 0 Å². The van der Waals surface area contributed by atoms with Crippen molar-refractivity contribution in [2.45, 2.75) is 24.3 Å². The summed E-state index contributed by atoms with van der Waals surface area (Å²) in [5, 5.41) is 2.92. The maximum atomic E-state index is 12.7. The highest BCUT2D eigenvalue weighted by molar-refractivity contribution is 7.89. The fraction of sp³-hybridized carbons (Fsp3) is 0.316. The summed E-state index contributed by atoms with van der Waals surface area (Å²) in [7, 11) is -0.833. The first-order chi connectivity index (χ1) is 12.7. The number of nitrogens with zero attached hydrogens (tertiary/aromatic N) is 2. The summed E-state index contributed by atoms with van der Waals surface area (Å²) in [5.41, 5.74) is 2.68. The Bertz CT molecular complexity index is 976. The predicted molar refractivity (Wildman–Crippen MR) is 108 cm³/mol. The van der Waals surface area contributed by atoms with Gasteiger partial charge in [-0.2, -0.15) is 0 Å². The average molecular weight is 408 g/mol. The molecule has 0 aromatic heterocycles. The van der Waals surface area contributed by atoms with Crippen molar-refractivity contribution >= 4 is 38.9 Å². The molecule has 0 bridgehead atoms. The van der Waals surface area contributed by atoms with Crippen molar-refractivity contribution in [3.8, 4) is 0 Å². The molecule has 8 heteroatoms. The maximum absolute atomic E-state index is 12.7. The van der Waals surface area contributed by atoms with E-state index in [1.165, 1.54) is 31.8 Å². The van der Waals surface area contributed by atoms with Crippen LogP contribution in [-0.2, 0) is 21.2 Å². The van der Waals surface area contributed by atoms with Gasteiger partial charge in [0.25, 0.3) is 0 Å². The SMILES string of the molecule is CC(C(=O)Nc1ccc(Cl)c(S(=O)(=O)N(C)C)c1)N1CCc2ccccc21. The number of carbonyl (C=O) groups is 1. The Labute approximate surface area is 164 Å². The van der Waals surface area contributed by atoms with Gasteiger partial charge in [0.15, 0.2) is 0 Å². The number of amides is 1. The fourth-order valence-corrected chi connectivity index (χ4v) is 4.52. The second-order valence-corrected chi connectivity index (χ2v) is 9.20. The summed E-state index contributed by atoms with van der Waals surface area (Å²) in [5.74, 6) is -0.206. The molecule has 2 aromatic carbocycles. The number of fused-ring (bicyclic) bond motifs is 1. The Hall–Kier alpha value is -2.09. The molecule has 1 amide bonds. The summed E-state index contributed by atoms with van der Waals surface area (Å²) >= 11 is 6.06. The van der Waals surface area contributed by atoms with Gasteiger partial charge in [-0.15, -0.1) is 0 Å². The third-order valence-electron chi connectivity index (χ3n) is 4.73.